The summed E-state index contributed by atoms with van der Waals surface area (Å²) in [5.41, 5.74) is 2.57. The average molecular weight is 471 g/mol. The van der Waals surface area contributed by atoms with Crippen LogP contribution in [0.2, 0.25) is 0 Å². The van der Waals surface area contributed by atoms with E-state index in [1.54, 1.807) is 20.4 Å². The van der Waals surface area contributed by atoms with Gasteiger partial charge >= 0.3 is 5.97 Å². The Morgan fingerprint density at radius 2 is 1.79 bits per heavy atom. The lowest BCUT2D eigenvalue weighted by molar-refractivity contribution is -0.145. The zero-order chi connectivity index (χ0) is 24.1. The first kappa shape index (κ1) is 24.3. The molecule has 8 nitrogen and oxygen atoms in total. The van der Waals surface area contributed by atoms with Crippen molar-refractivity contribution in [2.45, 2.75) is 63.7 Å². The maximum Gasteiger partial charge on any atom is 0.329 e. The molecule has 1 aromatic heterocycles. The zero-order valence-electron chi connectivity index (χ0n) is 20.2. The van der Waals surface area contributed by atoms with Crippen molar-refractivity contribution in [1.82, 2.24) is 4.98 Å². The van der Waals surface area contributed by atoms with Crippen molar-refractivity contribution in [3.8, 4) is 22.6 Å². The molecule has 0 unspecified atom stereocenters. The first-order chi connectivity index (χ1) is 16.5. The van der Waals surface area contributed by atoms with Gasteiger partial charge in [0.25, 0.3) is 0 Å². The number of hydrogen-bond donors (Lipinski definition) is 2. The minimum Gasteiger partial charge on any atom is -0.496 e. The van der Waals surface area contributed by atoms with Gasteiger partial charge in [-0.1, -0.05) is 12.8 Å². The summed E-state index contributed by atoms with van der Waals surface area (Å²) in [7, 11) is 3.28. The lowest BCUT2D eigenvalue weighted by Gasteiger charge is -2.34. The molecule has 2 fully saturated rings. The quantitative estimate of drug-likeness (QED) is 0.550. The van der Waals surface area contributed by atoms with Crippen LogP contribution in [-0.2, 0) is 20.9 Å². The van der Waals surface area contributed by atoms with Crippen LogP contribution in [-0.4, -0.2) is 55.1 Å². The minimum atomic E-state index is -1.09. The molecule has 0 spiro atoms. The van der Waals surface area contributed by atoms with Gasteiger partial charge in [-0.25, -0.2) is 9.78 Å². The van der Waals surface area contributed by atoms with Gasteiger partial charge in [0, 0.05) is 43.4 Å². The summed E-state index contributed by atoms with van der Waals surface area (Å²) < 4.78 is 22.8. The molecule has 0 radical (unpaired) electrons. The van der Waals surface area contributed by atoms with Crippen molar-refractivity contribution in [2.75, 3.05) is 32.8 Å². The third-order valence-corrected chi connectivity index (χ3v) is 6.95. The molecule has 34 heavy (non-hydrogen) atoms. The number of carboxylic acid groups (broad SMARTS) is 1. The molecule has 2 aromatic rings. The van der Waals surface area contributed by atoms with E-state index in [-0.39, 0.29) is 6.10 Å². The number of anilines is 1. The summed E-state index contributed by atoms with van der Waals surface area (Å²) in [6.45, 7) is 3.17. The normalized spacial score (nSPS) is 18.0. The molecule has 1 aliphatic carbocycles. The largest absolute Gasteiger partial charge is 0.496 e. The number of aliphatic carboxylic acids is 1. The number of methoxy groups -OCH3 is 2. The Morgan fingerprint density at radius 3 is 2.38 bits per heavy atom. The Kier molecular flexibility index (Phi) is 7.58. The summed E-state index contributed by atoms with van der Waals surface area (Å²) >= 11 is 0. The maximum absolute atomic E-state index is 12.1. The molecular formula is C26H34N2O6. The zero-order valence-corrected chi connectivity index (χ0v) is 20.2. The number of benzene rings is 1. The highest BCUT2D eigenvalue weighted by atomic mass is 16.5. The van der Waals surface area contributed by atoms with Crippen molar-refractivity contribution < 1.29 is 28.8 Å². The van der Waals surface area contributed by atoms with Crippen LogP contribution in [0.4, 0.5) is 5.82 Å². The van der Waals surface area contributed by atoms with Crippen LogP contribution in [0.15, 0.2) is 24.4 Å². The number of hydrogen-bond acceptors (Lipinski definition) is 7. The van der Waals surface area contributed by atoms with Crippen molar-refractivity contribution >= 4 is 11.8 Å². The molecular weight excluding hydrogens is 436 g/mol. The second kappa shape index (κ2) is 10.6. The highest BCUT2D eigenvalue weighted by molar-refractivity contribution is 5.83. The lowest BCUT2D eigenvalue weighted by Crippen LogP contribution is -2.50. The van der Waals surface area contributed by atoms with Crippen LogP contribution in [0.25, 0.3) is 11.1 Å². The number of rotatable bonds is 9. The third kappa shape index (κ3) is 5.13. The van der Waals surface area contributed by atoms with Gasteiger partial charge in [-0.2, -0.15) is 0 Å². The molecule has 1 saturated carbocycles. The van der Waals surface area contributed by atoms with Crippen molar-refractivity contribution in [3.05, 3.63) is 35.5 Å². The standard InChI is InChI=1S/C26H34N2O6/c1-17-22(31-2)12-18(13-23(17)32-3)21-15-27-24(14-19(21)16-34-20-6-4-5-7-20)28-26(25(29)30)8-10-33-11-9-26/h12-15,20H,4-11,16H2,1-3H3,(H,27,28)(H,29,30). The van der Waals surface area contributed by atoms with Gasteiger partial charge in [-0.15, -0.1) is 0 Å². The molecule has 1 saturated heterocycles. The Labute approximate surface area is 200 Å². The highest BCUT2D eigenvalue weighted by Gasteiger charge is 2.40. The third-order valence-electron chi connectivity index (χ3n) is 6.95. The number of carbonyl (C=O) groups is 1. The molecule has 8 heteroatoms. The average Bonchev–Trinajstić information content (AvgIpc) is 3.37. The van der Waals surface area contributed by atoms with Gasteiger partial charge in [0.1, 0.15) is 22.9 Å². The molecule has 2 N–H and O–H groups in total. The topological polar surface area (TPSA) is 99.1 Å². The number of nitrogens with zero attached hydrogens (tertiary/aromatic N) is 1. The number of pyridine rings is 1. The fourth-order valence-corrected chi connectivity index (χ4v) is 4.81. The van der Waals surface area contributed by atoms with E-state index in [0.29, 0.717) is 38.5 Å². The van der Waals surface area contributed by atoms with Gasteiger partial charge in [-0.05, 0) is 49.1 Å². The fourth-order valence-electron chi connectivity index (χ4n) is 4.81. The van der Waals surface area contributed by atoms with Crippen LogP contribution < -0.4 is 14.8 Å². The van der Waals surface area contributed by atoms with Gasteiger partial charge in [0.2, 0.25) is 0 Å². The van der Waals surface area contributed by atoms with E-state index in [4.69, 9.17) is 18.9 Å². The summed E-state index contributed by atoms with van der Waals surface area (Å²) in [5, 5.41) is 13.1. The fraction of sp³-hybridized carbons (Fsp3) is 0.538. The van der Waals surface area contributed by atoms with E-state index in [9.17, 15) is 9.90 Å². The monoisotopic (exact) mass is 470 g/mol. The summed E-state index contributed by atoms with van der Waals surface area (Å²) in [6, 6.07) is 5.85. The molecule has 1 aromatic carbocycles. The lowest BCUT2D eigenvalue weighted by atomic mass is 9.90. The van der Waals surface area contributed by atoms with Gasteiger partial charge in [0.05, 0.1) is 26.9 Å². The smallest absolute Gasteiger partial charge is 0.329 e. The van der Waals surface area contributed by atoms with E-state index < -0.39 is 11.5 Å². The SMILES string of the molecule is COc1cc(-c2cnc(NC3(C(=O)O)CCOCC3)cc2COC2CCCC2)cc(OC)c1C. The van der Waals surface area contributed by atoms with Crippen molar-refractivity contribution in [2.24, 2.45) is 0 Å². The maximum atomic E-state index is 12.1. The molecule has 1 aliphatic heterocycles. The van der Waals surface area contributed by atoms with E-state index in [0.717, 1.165) is 46.6 Å². The van der Waals surface area contributed by atoms with Gasteiger partial charge in [0.15, 0.2) is 0 Å². The number of nitrogens with one attached hydrogen (secondary N) is 1. The summed E-state index contributed by atoms with van der Waals surface area (Å²) in [5.74, 6) is 1.08. The van der Waals surface area contributed by atoms with Crippen LogP contribution in [0.5, 0.6) is 11.5 Å². The van der Waals surface area contributed by atoms with Crippen molar-refractivity contribution in [1.29, 1.82) is 0 Å². The molecule has 0 amide bonds. The van der Waals surface area contributed by atoms with Crippen LogP contribution >= 0.6 is 0 Å². The molecule has 4 rings (SSSR count). The highest BCUT2D eigenvalue weighted by Crippen LogP contribution is 2.37. The summed E-state index contributed by atoms with van der Waals surface area (Å²) in [4.78, 5) is 16.7. The molecule has 0 atom stereocenters. The predicted octanol–water partition coefficient (Wildman–Crippen LogP) is 4.58. The van der Waals surface area contributed by atoms with Crippen molar-refractivity contribution in [3.63, 3.8) is 0 Å². The van der Waals surface area contributed by atoms with E-state index in [1.165, 1.54) is 12.8 Å². The molecule has 0 bridgehead atoms. The number of aromatic nitrogens is 1. The number of carboxylic acids is 1. The summed E-state index contributed by atoms with van der Waals surface area (Å²) in [6.07, 6.45) is 7.30. The Bertz CT molecular complexity index is 987. The predicted molar refractivity (Wildman–Crippen MR) is 129 cm³/mol. The van der Waals surface area contributed by atoms with Crippen LogP contribution in [0.3, 0.4) is 0 Å². The Balaban J connectivity index is 1.70. The first-order valence-corrected chi connectivity index (χ1v) is 11.9. The molecule has 2 heterocycles. The second-order valence-electron chi connectivity index (χ2n) is 9.07. The second-order valence-corrected chi connectivity index (χ2v) is 9.07. The van der Waals surface area contributed by atoms with E-state index in [1.807, 2.05) is 25.1 Å². The van der Waals surface area contributed by atoms with Gasteiger partial charge in [-0.3, -0.25) is 0 Å². The van der Waals surface area contributed by atoms with Crippen LogP contribution in [0, 0.1) is 6.92 Å². The van der Waals surface area contributed by atoms with Gasteiger partial charge < -0.3 is 29.4 Å². The van der Waals surface area contributed by atoms with Crippen LogP contribution in [0.1, 0.15) is 49.7 Å². The van der Waals surface area contributed by atoms with E-state index >= 15 is 0 Å². The Morgan fingerprint density at radius 1 is 1.15 bits per heavy atom. The van der Waals surface area contributed by atoms with E-state index in [2.05, 4.69) is 10.3 Å². The minimum absolute atomic E-state index is 0.250. The molecule has 184 valence electrons. The molecule has 2 aliphatic rings. The first-order valence-electron chi connectivity index (χ1n) is 11.9. The Hall–Kier alpha value is -2.84. The number of ether oxygens (including phenoxy) is 4.